The summed E-state index contributed by atoms with van der Waals surface area (Å²) in [7, 11) is 0. The maximum atomic E-state index is 12.5. The van der Waals surface area contributed by atoms with Crippen LogP contribution >= 0.6 is 0 Å². The van der Waals surface area contributed by atoms with E-state index >= 15 is 0 Å². The van der Waals surface area contributed by atoms with Crippen LogP contribution in [0.15, 0.2) is 24.2 Å². The molecule has 0 heterocycles. The molecule has 1 N–H and O–H groups in total. The van der Waals surface area contributed by atoms with E-state index in [1.165, 1.54) is 6.08 Å². The zero-order valence-electron chi connectivity index (χ0n) is 6.58. The molecule has 1 nitrogen and oxygen atoms in total. The fraction of sp³-hybridized carbons (Fsp3) is 0.500. The van der Waals surface area contributed by atoms with Crippen molar-refractivity contribution in [1.82, 2.24) is 5.32 Å². The lowest BCUT2D eigenvalue weighted by atomic mass is 10.3. The van der Waals surface area contributed by atoms with Crippen LogP contribution in [0.5, 0.6) is 0 Å². The van der Waals surface area contributed by atoms with Gasteiger partial charge >= 0.3 is 0 Å². The summed E-state index contributed by atoms with van der Waals surface area (Å²) in [6.45, 7) is 8.11. The second-order valence-corrected chi connectivity index (χ2v) is 2.00. The Bertz CT molecular complexity index is 138. The molecule has 58 valence electrons. The molecule has 0 saturated heterocycles. The van der Waals surface area contributed by atoms with Gasteiger partial charge in [0, 0.05) is 12.2 Å². The fourth-order valence-corrected chi connectivity index (χ4v) is 0.569. The van der Waals surface area contributed by atoms with Crippen LogP contribution in [0.2, 0.25) is 0 Å². The Balaban J connectivity index is 3.75. The lowest BCUT2D eigenvalue weighted by Gasteiger charge is -2.00. The predicted molar refractivity (Wildman–Crippen MR) is 42.3 cm³/mol. The van der Waals surface area contributed by atoms with Crippen LogP contribution < -0.4 is 5.32 Å². The largest absolute Gasteiger partial charge is 0.386 e. The van der Waals surface area contributed by atoms with Crippen LogP contribution in [0.1, 0.15) is 20.3 Å². The van der Waals surface area contributed by atoms with Crippen molar-refractivity contribution < 1.29 is 4.39 Å². The van der Waals surface area contributed by atoms with E-state index in [9.17, 15) is 4.39 Å². The number of halogens is 1. The first-order valence-electron chi connectivity index (χ1n) is 3.49. The molecule has 0 unspecified atom stereocenters. The average Bonchev–Trinajstić information content (AvgIpc) is 1.88. The van der Waals surface area contributed by atoms with Gasteiger partial charge in [-0.05, 0) is 19.4 Å². The van der Waals surface area contributed by atoms with E-state index < -0.39 is 0 Å². The molecule has 0 saturated carbocycles. The van der Waals surface area contributed by atoms with Crippen molar-refractivity contribution in [3.05, 3.63) is 24.2 Å². The van der Waals surface area contributed by atoms with Gasteiger partial charge in [-0.2, -0.15) is 0 Å². The molecular formula is C8H14FN. The Labute approximate surface area is 61.6 Å². The normalized spacial score (nSPS) is 11.3. The average molecular weight is 143 g/mol. The van der Waals surface area contributed by atoms with Gasteiger partial charge in [0.05, 0.1) is 0 Å². The van der Waals surface area contributed by atoms with E-state index in [0.29, 0.717) is 12.1 Å². The van der Waals surface area contributed by atoms with E-state index in [0.717, 1.165) is 6.54 Å². The maximum Gasteiger partial charge on any atom is 0.102 e. The molecular weight excluding hydrogens is 129 g/mol. The quantitative estimate of drug-likeness (QED) is 0.596. The van der Waals surface area contributed by atoms with Crippen LogP contribution in [0.25, 0.3) is 0 Å². The van der Waals surface area contributed by atoms with Crippen LogP contribution in [0, 0.1) is 0 Å². The highest BCUT2D eigenvalue weighted by Gasteiger charge is 1.89. The fourth-order valence-electron chi connectivity index (χ4n) is 0.569. The number of likely N-dealkylation sites (N-methyl/N-ethyl adjacent to an activating group) is 1. The molecule has 0 spiro atoms. The number of rotatable bonds is 4. The maximum absolute atomic E-state index is 12.5. The Morgan fingerprint density at radius 1 is 1.60 bits per heavy atom. The lowest BCUT2D eigenvalue weighted by molar-refractivity contribution is 0.601. The third kappa shape index (κ3) is 4.13. The molecule has 0 aromatic carbocycles. The number of nitrogens with one attached hydrogen (secondary N) is 1. The zero-order valence-corrected chi connectivity index (χ0v) is 6.58. The van der Waals surface area contributed by atoms with E-state index in [-0.39, 0.29) is 5.83 Å². The number of hydrogen-bond donors (Lipinski definition) is 1. The number of hydrogen-bond acceptors (Lipinski definition) is 1. The molecule has 0 aromatic heterocycles. The molecule has 0 radical (unpaired) electrons. The van der Waals surface area contributed by atoms with Crippen molar-refractivity contribution in [3.63, 3.8) is 0 Å². The van der Waals surface area contributed by atoms with Gasteiger partial charge in [0.15, 0.2) is 0 Å². The molecule has 0 rings (SSSR count). The molecule has 10 heavy (non-hydrogen) atoms. The van der Waals surface area contributed by atoms with Gasteiger partial charge in [-0.15, -0.1) is 0 Å². The summed E-state index contributed by atoms with van der Waals surface area (Å²) in [5.41, 5.74) is 0.641. The Kier molecular flexibility index (Phi) is 4.63. The Morgan fingerprint density at radius 2 is 2.20 bits per heavy atom. The lowest BCUT2D eigenvalue weighted by Crippen LogP contribution is -2.08. The minimum absolute atomic E-state index is 0.133. The summed E-state index contributed by atoms with van der Waals surface area (Å²) in [4.78, 5) is 0. The highest BCUT2D eigenvalue weighted by molar-refractivity contribution is 5.14. The van der Waals surface area contributed by atoms with Crippen LogP contribution in [0.3, 0.4) is 0 Å². The summed E-state index contributed by atoms with van der Waals surface area (Å²) < 4.78 is 12.5. The molecule has 0 bridgehead atoms. The van der Waals surface area contributed by atoms with Gasteiger partial charge in [0.25, 0.3) is 0 Å². The summed E-state index contributed by atoms with van der Waals surface area (Å²) in [6.07, 6.45) is 1.86. The van der Waals surface area contributed by atoms with E-state index in [2.05, 4.69) is 11.9 Å². The molecule has 0 aliphatic heterocycles. The van der Waals surface area contributed by atoms with E-state index in [1.54, 1.807) is 6.92 Å². The zero-order chi connectivity index (χ0) is 7.98. The SMILES string of the molecule is C=C(/C=C(/F)CC)NCC. The van der Waals surface area contributed by atoms with Gasteiger partial charge in [0.2, 0.25) is 0 Å². The van der Waals surface area contributed by atoms with Gasteiger partial charge in [-0.3, -0.25) is 0 Å². The van der Waals surface area contributed by atoms with Gasteiger partial charge in [-0.1, -0.05) is 13.5 Å². The minimum Gasteiger partial charge on any atom is -0.386 e. The predicted octanol–water partition coefficient (Wildman–Crippen LogP) is 2.37. The first kappa shape index (κ1) is 9.21. The minimum atomic E-state index is -0.133. The third-order valence-electron chi connectivity index (χ3n) is 1.07. The molecule has 0 aliphatic carbocycles. The smallest absolute Gasteiger partial charge is 0.102 e. The standard InChI is InChI=1S/C8H14FN/c1-4-8(9)6-7(3)10-5-2/h6,10H,3-5H2,1-2H3/b8-6+. The Hall–Kier alpha value is -0.790. The molecule has 0 aromatic rings. The monoisotopic (exact) mass is 143 g/mol. The second kappa shape index (κ2) is 5.03. The van der Waals surface area contributed by atoms with Crippen molar-refractivity contribution in [3.8, 4) is 0 Å². The molecule has 2 heteroatoms. The van der Waals surface area contributed by atoms with Crippen molar-refractivity contribution in [2.24, 2.45) is 0 Å². The third-order valence-corrected chi connectivity index (χ3v) is 1.07. The van der Waals surface area contributed by atoms with Crippen molar-refractivity contribution in [1.29, 1.82) is 0 Å². The summed E-state index contributed by atoms with van der Waals surface area (Å²) in [5.74, 6) is -0.133. The van der Waals surface area contributed by atoms with Gasteiger partial charge < -0.3 is 5.32 Å². The highest BCUT2D eigenvalue weighted by atomic mass is 19.1. The van der Waals surface area contributed by atoms with Gasteiger partial charge in [-0.25, -0.2) is 4.39 Å². The van der Waals surface area contributed by atoms with Crippen LogP contribution in [-0.2, 0) is 0 Å². The van der Waals surface area contributed by atoms with Gasteiger partial charge in [0.1, 0.15) is 5.83 Å². The molecule has 0 fully saturated rings. The van der Waals surface area contributed by atoms with Crippen molar-refractivity contribution in [2.75, 3.05) is 6.54 Å². The second-order valence-electron chi connectivity index (χ2n) is 2.00. The van der Waals surface area contributed by atoms with Crippen molar-refractivity contribution in [2.45, 2.75) is 20.3 Å². The van der Waals surface area contributed by atoms with Crippen molar-refractivity contribution >= 4 is 0 Å². The topological polar surface area (TPSA) is 12.0 Å². The summed E-state index contributed by atoms with van der Waals surface area (Å²) >= 11 is 0. The Morgan fingerprint density at radius 3 is 2.60 bits per heavy atom. The van der Waals surface area contributed by atoms with E-state index in [4.69, 9.17) is 0 Å². The number of allylic oxidation sites excluding steroid dienone is 2. The van der Waals surface area contributed by atoms with E-state index in [1.807, 2.05) is 6.92 Å². The van der Waals surface area contributed by atoms with Crippen LogP contribution in [-0.4, -0.2) is 6.54 Å². The molecule has 0 amide bonds. The molecule has 0 atom stereocenters. The first-order chi connectivity index (χ1) is 4.70. The molecule has 0 aliphatic rings. The highest BCUT2D eigenvalue weighted by Crippen LogP contribution is 2.03. The first-order valence-corrected chi connectivity index (χ1v) is 3.49. The summed E-state index contributed by atoms with van der Waals surface area (Å²) in [6, 6.07) is 0. The van der Waals surface area contributed by atoms with Crippen LogP contribution in [0.4, 0.5) is 4.39 Å². The summed E-state index contributed by atoms with van der Waals surface area (Å²) in [5, 5.41) is 2.90.